The molecule has 0 saturated carbocycles. The van der Waals surface area contributed by atoms with Gasteiger partial charge in [-0.3, -0.25) is 9.59 Å². The van der Waals surface area contributed by atoms with Crippen LogP contribution in [0.3, 0.4) is 0 Å². The first-order valence-corrected chi connectivity index (χ1v) is 10.1. The fourth-order valence-corrected chi connectivity index (χ4v) is 4.73. The van der Waals surface area contributed by atoms with Crippen molar-refractivity contribution in [3.63, 3.8) is 0 Å². The molecule has 2 aromatic rings. The Kier molecular flexibility index (Phi) is 5.07. The fraction of sp³-hybridized carbons (Fsp3) is 0.333. The molecule has 0 bridgehead atoms. The molecular weight excluding hydrogens is 360 g/mol. The molecule has 140 valence electrons. The van der Waals surface area contributed by atoms with Gasteiger partial charge in [-0.25, -0.2) is 0 Å². The monoisotopic (exact) mass is 382 g/mol. The molecule has 1 saturated heterocycles. The Morgan fingerprint density at radius 1 is 1.11 bits per heavy atom. The minimum atomic E-state index is -0.335. The van der Waals surface area contributed by atoms with Gasteiger partial charge in [0.1, 0.15) is 5.75 Å². The van der Waals surface area contributed by atoms with Crippen LogP contribution in [0.2, 0.25) is 0 Å². The average Bonchev–Trinajstić information content (AvgIpc) is 2.96. The molecule has 0 unspecified atom stereocenters. The van der Waals surface area contributed by atoms with Gasteiger partial charge in [0.05, 0.1) is 24.4 Å². The summed E-state index contributed by atoms with van der Waals surface area (Å²) in [6.07, 6.45) is 1.19. The smallest absolute Gasteiger partial charge is 0.232 e. The summed E-state index contributed by atoms with van der Waals surface area (Å²) in [6.45, 7) is 1.09. The van der Waals surface area contributed by atoms with E-state index in [1.807, 2.05) is 47.4 Å². The molecule has 2 aliphatic rings. The Morgan fingerprint density at radius 3 is 2.67 bits per heavy atom. The molecule has 0 aromatic heterocycles. The van der Waals surface area contributed by atoms with Gasteiger partial charge in [0, 0.05) is 24.4 Å². The van der Waals surface area contributed by atoms with Gasteiger partial charge in [-0.15, -0.1) is 11.8 Å². The first-order chi connectivity index (χ1) is 13.2. The van der Waals surface area contributed by atoms with E-state index in [4.69, 9.17) is 4.74 Å². The van der Waals surface area contributed by atoms with Gasteiger partial charge in [0.25, 0.3) is 0 Å². The minimum Gasteiger partial charge on any atom is -0.495 e. The highest BCUT2D eigenvalue weighted by molar-refractivity contribution is 7.99. The average molecular weight is 382 g/mol. The van der Waals surface area contributed by atoms with E-state index in [9.17, 15) is 9.59 Å². The second-order valence-electron chi connectivity index (χ2n) is 6.74. The van der Waals surface area contributed by atoms with E-state index >= 15 is 0 Å². The Balaban J connectivity index is 1.58. The summed E-state index contributed by atoms with van der Waals surface area (Å²) in [5.74, 6) is 1.32. The van der Waals surface area contributed by atoms with Crippen molar-refractivity contribution in [3.8, 4) is 5.75 Å². The van der Waals surface area contributed by atoms with Crippen molar-refractivity contribution >= 4 is 35.0 Å². The molecule has 2 aliphatic heterocycles. The predicted molar refractivity (Wildman–Crippen MR) is 108 cm³/mol. The van der Waals surface area contributed by atoms with Gasteiger partial charge in [0.2, 0.25) is 11.8 Å². The maximum absolute atomic E-state index is 13.3. The van der Waals surface area contributed by atoms with E-state index in [2.05, 4.69) is 6.07 Å². The molecule has 4 rings (SSSR count). The second kappa shape index (κ2) is 7.64. The van der Waals surface area contributed by atoms with Crippen molar-refractivity contribution in [3.05, 3.63) is 48.5 Å². The molecule has 1 atom stereocenters. The van der Waals surface area contributed by atoms with Crippen molar-refractivity contribution in [2.24, 2.45) is 5.92 Å². The fourth-order valence-electron chi connectivity index (χ4n) is 3.74. The van der Waals surface area contributed by atoms with Crippen LogP contribution in [0.5, 0.6) is 5.75 Å². The van der Waals surface area contributed by atoms with E-state index in [0.29, 0.717) is 18.8 Å². The number of carbonyl (C=O) groups excluding carboxylic acids is 2. The summed E-state index contributed by atoms with van der Waals surface area (Å²) in [7, 11) is 1.59. The first-order valence-electron chi connectivity index (χ1n) is 9.15. The van der Waals surface area contributed by atoms with Crippen LogP contribution in [0.15, 0.2) is 53.4 Å². The van der Waals surface area contributed by atoms with Crippen LogP contribution in [0.4, 0.5) is 11.4 Å². The number of carbonyl (C=O) groups is 2. The van der Waals surface area contributed by atoms with Gasteiger partial charge >= 0.3 is 0 Å². The van der Waals surface area contributed by atoms with Crippen LogP contribution >= 0.6 is 11.8 Å². The molecule has 27 heavy (non-hydrogen) atoms. The Bertz CT molecular complexity index is 870. The van der Waals surface area contributed by atoms with E-state index in [0.717, 1.165) is 28.4 Å². The third-order valence-electron chi connectivity index (χ3n) is 5.06. The molecule has 0 aliphatic carbocycles. The van der Waals surface area contributed by atoms with E-state index in [-0.39, 0.29) is 24.2 Å². The molecule has 0 N–H and O–H groups in total. The van der Waals surface area contributed by atoms with Gasteiger partial charge in [-0.05, 0) is 36.4 Å². The maximum Gasteiger partial charge on any atom is 0.232 e. The molecular formula is C21H22N2O3S. The number of para-hydroxylation sites is 3. The number of ether oxygens (including phenoxy) is 1. The van der Waals surface area contributed by atoms with Crippen molar-refractivity contribution in [2.45, 2.75) is 17.7 Å². The molecule has 0 radical (unpaired) electrons. The number of nitrogens with zero attached hydrogens (tertiary/aromatic N) is 2. The maximum atomic E-state index is 13.3. The zero-order valence-electron chi connectivity index (χ0n) is 15.3. The topological polar surface area (TPSA) is 49.9 Å². The normalized spacial score (nSPS) is 19.6. The standard InChI is InChI=1S/C21H22N2O3S/c1-26-18-9-4-2-7-16(18)23-14-15(13-20(23)24)21(25)22-11-6-12-27-19-10-5-3-8-17(19)22/h2-5,7-10,15H,6,11-14H2,1H3/t15-/m1/s1. The van der Waals surface area contributed by atoms with Crippen molar-refractivity contribution in [1.82, 2.24) is 0 Å². The van der Waals surface area contributed by atoms with Gasteiger partial charge in [-0.2, -0.15) is 0 Å². The third kappa shape index (κ3) is 3.41. The Labute approximate surface area is 163 Å². The van der Waals surface area contributed by atoms with E-state index in [1.54, 1.807) is 23.8 Å². The number of methoxy groups -OCH3 is 1. The van der Waals surface area contributed by atoms with Gasteiger partial charge < -0.3 is 14.5 Å². The number of anilines is 2. The number of hydrogen-bond acceptors (Lipinski definition) is 4. The van der Waals surface area contributed by atoms with Crippen molar-refractivity contribution in [2.75, 3.05) is 35.8 Å². The largest absolute Gasteiger partial charge is 0.495 e. The summed E-state index contributed by atoms with van der Waals surface area (Å²) in [5, 5.41) is 0. The van der Waals surface area contributed by atoms with Crippen LogP contribution in [-0.2, 0) is 9.59 Å². The summed E-state index contributed by atoms with van der Waals surface area (Å²) in [5.41, 5.74) is 1.69. The number of hydrogen-bond donors (Lipinski definition) is 0. The van der Waals surface area contributed by atoms with Crippen molar-refractivity contribution in [1.29, 1.82) is 0 Å². The first kappa shape index (κ1) is 17.9. The molecule has 2 heterocycles. The van der Waals surface area contributed by atoms with Crippen LogP contribution in [0.1, 0.15) is 12.8 Å². The molecule has 0 spiro atoms. The molecule has 1 fully saturated rings. The zero-order chi connectivity index (χ0) is 18.8. The molecule has 2 aromatic carbocycles. The lowest BCUT2D eigenvalue weighted by Gasteiger charge is -2.25. The van der Waals surface area contributed by atoms with Crippen LogP contribution < -0.4 is 14.5 Å². The second-order valence-corrected chi connectivity index (χ2v) is 7.87. The summed E-state index contributed by atoms with van der Waals surface area (Å²) in [6, 6.07) is 15.5. The van der Waals surface area contributed by atoms with Crippen LogP contribution in [0, 0.1) is 5.92 Å². The Morgan fingerprint density at radius 2 is 1.85 bits per heavy atom. The number of fused-ring (bicyclic) bond motifs is 1. The molecule has 5 nitrogen and oxygen atoms in total. The molecule has 6 heteroatoms. The van der Waals surface area contributed by atoms with Gasteiger partial charge in [0.15, 0.2) is 0 Å². The minimum absolute atomic E-state index is 0.0321. The Hall–Kier alpha value is -2.47. The summed E-state index contributed by atoms with van der Waals surface area (Å²) < 4.78 is 5.39. The number of thioether (sulfide) groups is 1. The SMILES string of the molecule is COc1ccccc1N1C[C@H](C(=O)N2CCCSc3ccccc32)CC1=O. The summed E-state index contributed by atoms with van der Waals surface area (Å²) >= 11 is 1.79. The molecule has 2 amide bonds. The lowest BCUT2D eigenvalue weighted by Crippen LogP contribution is -2.38. The van der Waals surface area contributed by atoms with E-state index < -0.39 is 0 Å². The lowest BCUT2D eigenvalue weighted by molar-refractivity contribution is -0.124. The zero-order valence-corrected chi connectivity index (χ0v) is 16.1. The number of amides is 2. The third-order valence-corrected chi connectivity index (χ3v) is 6.20. The van der Waals surface area contributed by atoms with Crippen molar-refractivity contribution < 1.29 is 14.3 Å². The summed E-state index contributed by atoms with van der Waals surface area (Å²) in [4.78, 5) is 30.6. The highest BCUT2D eigenvalue weighted by Gasteiger charge is 2.39. The van der Waals surface area contributed by atoms with E-state index in [1.165, 1.54) is 0 Å². The number of rotatable bonds is 3. The van der Waals surface area contributed by atoms with Crippen LogP contribution in [-0.4, -0.2) is 37.8 Å². The lowest BCUT2D eigenvalue weighted by atomic mass is 10.1. The van der Waals surface area contributed by atoms with Crippen LogP contribution in [0.25, 0.3) is 0 Å². The highest BCUT2D eigenvalue weighted by Crippen LogP contribution is 2.37. The predicted octanol–water partition coefficient (Wildman–Crippen LogP) is 3.58. The quantitative estimate of drug-likeness (QED) is 0.814. The van der Waals surface area contributed by atoms with Gasteiger partial charge in [-0.1, -0.05) is 24.3 Å². The number of benzene rings is 2. The highest BCUT2D eigenvalue weighted by atomic mass is 32.2.